The average Bonchev–Trinajstić information content (AvgIpc) is 2.15. The van der Waals surface area contributed by atoms with Crippen LogP contribution in [0.3, 0.4) is 0 Å². The SMILES string of the molecule is CC(C)NCCCCC(C)(C)C(N)=NO. The second kappa shape index (κ2) is 6.67. The first kappa shape index (κ1) is 14.2. The summed E-state index contributed by atoms with van der Waals surface area (Å²) in [6, 6.07) is 0.544. The zero-order valence-electron chi connectivity index (χ0n) is 10.4. The maximum atomic E-state index is 8.60. The molecule has 0 spiro atoms. The number of unbranched alkanes of at least 4 members (excludes halogenated alkanes) is 1. The molecule has 0 aromatic rings. The Hall–Kier alpha value is -0.770. The summed E-state index contributed by atoms with van der Waals surface area (Å²) < 4.78 is 0. The lowest BCUT2D eigenvalue weighted by atomic mass is 9.86. The van der Waals surface area contributed by atoms with Gasteiger partial charge >= 0.3 is 0 Å². The van der Waals surface area contributed by atoms with Gasteiger partial charge in [0.25, 0.3) is 0 Å². The molecule has 0 amide bonds. The zero-order chi connectivity index (χ0) is 11.9. The summed E-state index contributed by atoms with van der Waals surface area (Å²) in [5, 5.41) is 15.0. The van der Waals surface area contributed by atoms with Crippen molar-refractivity contribution in [2.24, 2.45) is 16.3 Å². The van der Waals surface area contributed by atoms with E-state index in [2.05, 4.69) is 24.3 Å². The molecule has 4 N–H and O–H groups in total. The third kappa shape index (κ3) is 6.33. The average molecular weight is 215 g/mol. The Kier molecular flexibility index (Phi) is 6.32. The summed E-state index contributed by atoms with van der Waals surface area (Å²) in [4.78, 5) is 0. The number of nitrogens with two attached hydrogens (primary N) is 1. The van der Waals surface area contributed by atoms with Crippen molar-refractivity contribution in [1.82, 2.24) is 5.32 Å². The largest absolute Gasteiger partial charge is 0.409 e. The first-order chi connectivity index (χ1) is 6.90. The maximum absolute atomic E-state index is 8.60. The highest BCUT2D eigenvalue weighted by atomic mass is 16.4. The van der Waals surface area contributed by atoms with Crippen LogP contribution in [-0.4, -0.2) is 23.6 Å². The van der Waals surface area contributed by atoms with Gasteiger partial charge in [0.2, 0.25) is 0 Å². The first-order valence-corrected chi connectivity index (χ1v) is 5.61. The summed E-state index contributed by atoms with van der Waals surface area (Å²) in [5.74, 6) is 0.319. The van der Waals surface area contributed by atoms with Gasteiger partial charge in [-0.2, -0.15) is 0 Å². The molecule has 0 fully saturated rings. The van der Waals surface area contributed by atoms with Crippen LogP contribution in [0, 0.1) is 5.41 Å². The molecule has 0 saturated heterocycles. The maximum Gasteiger partial charge on any atom is 0.144 e. The summed E-state index contributed by atoms with van der Waals surface area (Å²) in [6.45, 7) is 9.31. The third-order valence-corrected chi connectivity index (χ3v) is 2.58. The van der Waals surface area contributed by atoms with Crippen molar-refractivity contribution in [3.8, 4) is 0 Å². The number of nitrogens with zero attached hydrogens (tertiary/aromatic N) is 1. The number of amidine groups is 1. The fraction of sp³-hybridized carbons (Fsp3) is 0.909. The highest BCUT2D eigenvalue weighted by Crippen LogP contribution is 2.22. The lowest BCUT2D eigenvalue weighted by Crippen LogP contribution is -2.32. The van der Waals surface area contributed by atoms with E-state index in [1.165, 1.54) is 0 Å². The highest BCUT2D eigenvalue weighted by Gasteiger charge is 2.22. The molecule has 0 aliphatic carbocycles. The molecule has 0 aliphatic heterocycles. The molecule has 0 aromatic heterocycles. The van der Waals surface area contributed by atoms with Crippen molar-refractivity contribution < 1.29 is 5.21 Å². The van der Waals surface area contributed by atoms with Gasteiger partial charge in [0, 0.05) is 11.5 Å². The number of nitrogens with one attached hydrogen (secondary N) is 1. The Bertz CT molecular complexity index is 200. The molecular weight excluding hydrogens is 190 g/mol. The topological polar surface area (TPSA) is 70.6 Å². The molecule has 0 aromatic carbocycles. The van der Waals surface area contributed by atoms with Gasteiger partial charge in [0.1, 0.15) is 5.84 Å². The quantitative estimate of drug-likeness (QED) is 0.200. The van der Waals surface area contributed by atoms with Gasteiger partial charge in [-0.15, -0.1) is 0 Å². The van der Waals surface area contributed by atoms with E-state index < -0.39 is 0 Å². The van der Waals surface area contributed by atoms with Gasteiger partial charge in [-0.25, -0.2) is 0 Å². The van der Waals surface area contributed by atoms with Crippen molar-refractivity contribution in [3.05, 3.63) is 0 Å². The van der Waals surface area contributed by atoms with Crippen molar-refractivity contribution >= 4 is 5.84 Å². The van der Waals surface area contributed by atoms with Crippen molar-refractivity contribution in [1.29, 1.82) is 0 Å². The minimum Gasteiger partial charge on any atom is -0.409 e. The molecule has 0 bridgehead atoms. The summed E-state index contributed by atoms with van der Waals surface area (Å²) >= 11 is 0. The van der Waals surface area contributed by atoms with Gasteiger partial charge in [0.15, 0.2) is 0 Å². The van der Waals surface area contributed by atoms with E-state index in [1.54, 1.807) is 0 Å². The van der Waals surface area contributed by atoms with Crippen LogP contribution >= 0.6 is 0 Å². The van der Waals surface area contributed by atoms with Crippen LogP contribution in [0.4, 0.5) is 0 Å². The van der Waals surface area contributed by atoms with Gasteiger partial charge in [-0.1, -0.05) is 39.3 Å². The Morgan fingerprint density at radius 3 is 2.47 bits per heavy atom. The third-order valence-electron chi connectivity index (χ3n) is 2.58. The normalized spacial score (nSPS) is 13.5. The monoisotopic (exact) mass is 215 g/mol. The molecule has 15 heavy (non-hydrogen) atoms. The van der Waals surface area contributed by atoms with Crippen LogP contribution in [0.1, 0.15) is 47.0 Å². The summed E-state index contributed by atoms with van der Waals surface area (Å²) in [5.41, 5.74) is 5.40. The molecule has 0 rings (SSSR count). The molecule has 90 valence electrons. The van der Waals surface area contributed by atoms with Gasteiger partial charge in [-0.05, 0) is 19.4 Å². The smallest absolute Gasteiger partial charge is 0.144 e. The molecule has 0 unspecified atom stereocenters. The van der Waals surface area contributed by atoms with E-state index in [0.717, 1.165) is 25.8 Å². The minimum absolute atomic E-state index is 0.202. The van der Waals surface area contributed by atoms with E-state index in [4.69, 9.17) is 10.9 Å². The first-order valence-electron chi connectivity index (χ1n) is 5.61. The van der Waals surface area contributed by atoms with Crippen molar-refractivity contribution in [2.45, 2.75) is 53.0 Å². The van der Waals surface area contributed by atoms with Crippen LogP contribution < -0.4 is 11.1 Å². The molecule has 0 aliphatic rings. The van der Waals surface area contributed by atoms with Crippen LogP contribution in [0.2, 0.25) is 0 Å². The fourth-order valence-corrected chi connectivity index (χ4v) is 1.35. The van der Waals surface area contributed by atoms with E-state index in [-0.39, 0.29) is 5.41 Å². The fourth-order valence-electron chi connectivity index (χ4n) is 1.35. The molecule has 0 atom stereocenters. The predicted molar refractivity (Wildman–Crippen MR) is 64.2 cm³/mol. The van der Waals surface area contributed by atoms with E-state index in [1.807, 2.05) is 13.8 Å². The van der Waals surface area contributed by atoms with E-state index in [9.17, 15) is 0 Å². The number of hydrogen-bond acceptors (Lipinski definition) is 3. The standard InChI is InChI=1S/C11H25N3O/c1-9(2)13-8-6-5-7-11(3,4)10(12)14-15/h9,13,15H,5-8H2,1-4H3,(H2,12,14). The lowest BCUT2D eigenvalue weighted by Gasteiger charge is -2.22. The number of hydrogen-bond donors (Lipinski definition) is 3. The van der Waals surface area contributed by atoms with Crippen molar-refractivity contribution in [2.75, 3.05) is 6.54 Å². The predicted octanol–water partition coefficient (Wildman–Crippen LogP) is 1.93. The summed E-state index contributed by atoms with van der Waals surface area (Å²) in [7, 11) is 0. The second-order valence-corrected chi connectivity index (χ2v) is 4.94. The Balaban J connectivity index is 3.67. The van der Waals surface area contributed by atoms with Gasteiger partial charge in [-0.3, -0.25) is 0 Å². The van der Waals surface area contributed by atoms with E-state index in [0.29, 0.717) is 11.9 Å². The van der Waals surface area contributed by atoms with Crippen LogP contribution in [0.15, 0.2) is 5.16 Å². The van der Waals surface area contributed by atoms with Crippen molar-refractivity contribution in [3.63, 3.8) is 0 Å². The van der Waals surface area contributed by atoms with Crippen LogP contribution in [0.25, 0.3) is 0 Å². The second-order valence-electron chi connectivity index (χ2n) is 4.94. The molecule has 0 saturated carbocycles. The molecule has 4 heteroatoms. The molecule has 4 nitrogen and oxygen atoms in total. The van der Waals surface area contributed by atoms with Gasteiger partial charge < -0.3 is 16.3 Å². The van der Waals surface area contributed by atoms with Gasteiger partial charge in [0.05, 0.1) is 0 Å². The summed E-state index contributed by atoms with van der Waals surface area (Å²) in [6.07, 6.45) is 3.16. The Morgan fingerprint density at radius 1 is 1.40 bits per heavy atom. The zero-order valence-corrected chi connectivity index (χ0v) is 10.4. The minimum atomic E-state index is -0.202. The Labute approximate surface area is 92.9 Å². The molecular formula is C11H25N3O. The highest BCUT2D eigenvalue weighted by molar-refractivity contribution is 5.85. The van der Waals surface area contributed by atoms with Crippen LogP contribution in [-0.2, 0) is 0 Å². The van der Waals surface area contributed by atoms with E-state index >= 15 is 0 Å². The number of oxime groups is 1. The molecule has 0 heterocycles. The lowest BCUT2D eigenvalue weighted by molar-refractivity contribution is 0.304. The molecule has 0 radical (unpaired) electrons. The Morgan fingerprint density at radius 2 is 2.00 bits per heavy atom. The number of rotatable bonds is 7. The van der Waals surface area contributed by atoms with Crippen LogP contribution in [0.5, 0.6) is 0 Å².